The third kappa shape index (κ3) is 2.69. The van der Waals surface area contributed by atoms with Crippen LogP contribution in [0.15, 0.2) is 22.7 Å². The van der Waals surface area contributed by atoms with E-state index in [1.54, 1.807) is 18.2 Å². The summed E-state index contributed by atoms with van der Waals surface area (Å²) in [5.41, 5.74) is 0. The van der Waals surface area contributed by atoms with Gasteiger partial charge in [-0.25, -0.2) is 4.39 Å². The molecule has 0 radical (unpaired) electrons. The molecule has 4 heteroatoms. The molecule has 0 bridgehead atoms. The minimum Gasteiger partial charge on any atom is -0.462 e. The van der Waals surface area contributed by atoms with Crippen molar-refractivity contribution < 1.29 is 13.9 Å². The Balaban J connectivity index is 2.06. The van der Waals surface area contributed by atoms with E-state index < -0.39 is 0 Å². The summed E-state index contributed by atoms with van der Waals surface area (Å²) in [6, 6.07) is 4.99. The van der Waals surface area contributed by atoms with Gasteiger partial charge in [0.15, 0.2) is 17.9 Å². The summed E-state index contributed by atoms with van der Waals surface area (Å²) < 4.78 is 24.8. The third-order valence-electron chi connectivity index (χ3n) is 2.31. The van der Waals surface area contributed by atoms with Crippen LogP contribution < -0.4 is 4.74 Å². The van der Waals surface area contributed by atoms with Crippen molar-refractivity contribution >= 4 is 15.9 Å². The normalized spacial score (nSPS) is 21.3. The summed E-state index contributed by atoms with van der Waals surface area (Å²) in [5, 5.41) is 0. The monoisotopic (exact) mass is 274 g/mol. The number of hydrogen-bond acceptors (Lipinski definition) is 2. The van der Waals surface area contributed by atoms with E-state index in [-0.39, 0.29) is 17.9 Å². The zero-order valence-electron chi connectivity index (χ0n) is 8.21. The fourth-order valence-electron chi connectivity index (χ4n) is 1.52. The van der Waals surface area contributed by atoms with Gasteiger partial charge in [0.1, 0.15) is 0 Å². The van der Waals surface area contributed by atoms with E-state index >= 15 is 0 Å². The molecule has 1 atom stereocenters. The first-order chi connectivity index (χ1) is 7.27. The summed E-state index contributed by atoms with van der Waals surface area (Å²) in [6.45, 7) is 0.695. The molecule has 1 fully saturated rings. The fourth-order valence-corrected chi connectivity index (χ4v) is 1.87. The van der Waals surface area contributed by atoms with Crippen LogP contribution >= 0.6 is 15.9 Å². The van der Waals surface area contributed by atoms with Crippen LogP contribution in [-0.2, 0) is 4.74 Å². The molecule has 1 unspecified atom stereocenters. The molecule has 2 nitrogen and oxygen atoms in total. The van der Waals surface area contributed by atoms with Crippen molar-refractivity contribution in [2.24, 2.45) is 0 Å². The molecule has 2 rings (SSSR count). The largest absolute Gasteiger partial charge is 0.462 e. The van der Waals surface area contributed by atoms with Gasteiger partial charge in [-0.2, -0.15) is 0 Å². The summed E-state index contributed by atoms with van der Waals surface area (Å²) in [7, 11) is 0. The van der Waals surface area contributed by atoms with Crippen LogP contribution in [0, 0.1) is 5.82 Å². The number of hydrogen-bond donors (Lipinski definition) is 0. The number of rotatable bonds is 2. The average molecular weight is 275 g/mol. The van der Waals surface area contributed by atoms with Crippen molar-refractivity contribution in [1.29, 1.82) is 0 Å². The molecule has 0 spiro atoms. The van der Waals surface area contributed by atoms with Gasteiger partial charge in [0.25, 0.3) is 0 Å². The van der Waals surface area contributed by atoms with E-state index in [0.717, 1.165) is 19.3 Å². The van der Waals surface area contributed by atoms with E-state index in [4.69, 9.17) is 9.47 Å². The lowest BCUT2D eigenvalue weighted by molar-refractivity contribution is -0.107. The van der Waals surface area contributed by atoms with Crippen molar-refractivity contribution in [3.63, 3.8) is 0 Å². The van der Waals surface area contributed by atoms with Crippen molar-refractivity contribution in [1.82, 2.24) is 0 Å². The van der Waals surface area contributed by atoms with E-state index in [9.17, 15) is 4.39 Å². The summed E-state index contributed by atoms with van der Waals surface area (Å²) in [5.74, 6) is -0.122. The highest BCUT2D eigenvalue weighted by molar-refractivity contribution is 9.10. The van der Waals surface area contributed by atoms with E-state index in [2.05, 4.69) is 15.9 Å². The molecule has 1 aromatic rings. The zero-order chi connectivity index (χ0) is 10.7. The van der Waals surface area contributed by atoms with E-state index in [1.165, 1.54) is 0 Å². The maximum absolute atomic E-state index is 13.5. The highest BCUT2D eigenvalue weighted by Crippen LogP contribution is 2.27. The van der Waals surface area contributed by atoms with Crippen molar-refractivity contribution in [3.05, 3.63) is 28.5 Å². The van der Waals surface area contributed by atoms with Gasteiger partial charge >= 0.3 is 0 Å². The van der Waals surface area contributed by atoms with Gasteiger partial charge < -0.3 is 9.47 Å². The molecule has 1 aliphatic heterocycles. The van der Waals surface area contributed by atoms with Crippen LogP contribution in [0.5, 0.6) is 5.75 Å². The first kappa shape index (κ1) is 10.9. The van der Waals surface area contributed by atoms with Gasteiger partial charge in [0.2, 0.25) is 0 Å². The Morgan fingerprint density at radius 2 is 2.27 bits per heavy atom. The Morgan fingerprint density at radius 1 is 1.40 bits per heavy atom. The van der Waals surface area contributed by atoms with Crippen LogP contribution in [-0.4, -0.2) is 12.9 Å². The first-order valence-corrected chi connectivity index (χ1v) is 5.79. The molecule has 0 amide bonds. The second-order valence-corrected chi connectivity index (χ2v) is 4.32. The molecule has 0 saturated carbocycles. The standard InChI is InChI=1S/C11H12BrFO2/c12-8-4-3-5-9(11(8)13)15-10-6-1-2-7-14-10/h3-5,10H,1-2,6-7H2. The lowest BCUT2D eigenvalue weighted by Crippen LogP contribution is -2.25. The molecule has 0 aromatic heterocycles. The second kappa shape index (κ2) is 4.94. The topological polar surface area (TPSA) is 18.5 Å². The van der Waals surface area contributed by atoms with Gasteiger partial charge in [-0.05, 0) is 40.9 Å². The van der Waals surface area contributed by atoms with E-state index in [1.807, 2.05) is 0 Å². The molecular weight excluding hydrogens is 263 g/mol. The lowest BCUT2D eigenvalue weighted by atomic mass is 10.2. The lowest BCUT2D eigenvalue weighted by Gasteiger charge is -2.23. The summed E-state index contributed by atoms with van der Waals surface area (Å²) in [6.07, 6.45) is 2.65. The Morgan fingerprint density at radius 3 is 3.00 bits per heavy atom. The predicted octanol–water partition coefficient (Wildman–Crippen LogP) is 3.49. The van der Waals surface area contributed by atoms with Gasteiger partial charge in [-0.3, -0.25) is 0 Å². The second-order valence-electron chi connectivity index (χ2n) is 3.47. The van der Waals surface area contributed by atoms with Crippen LogP contribution in [0.4, 0.5) is 4.39 Å². The third-order valence-corrected chi connectivity index (χ3v) is 2.92. The minimum atomic E-state index is -0.369. The van der Waals surface area contributed by atoms with Crippen LogP contribution in [0.3, 0.4) is 0 Å². The molecule has 0 N–H and O–H groups in total. The Bertz CT molecular complexity index is 337. The molecule has 1 heterocycles. The highest BCUT2D eigenvalue weighted by Gasteiger charge is 2.17. The fraction of sp³-hybridized carbons (Fsp3) is 0.455. The van der Waals surface area contributed by atoms with Crippen LogP contribution in [0.1, 0.15) is 19.3 Å². The zero-order valence-corrected chi connectivity index (χ0v) is 9.80. The summed E-state index contributed by atoms with van der Waals surface area (Å²) >= 11 is 3.12. The maximum Gasteiger partial charge on any atom is 0.199 e. The smallest absolute Gasteiger partial charge is 0.199 e. The number of halogens is 2. The quantitative estimate of drug-likeness (QED) is 0.822. The van der Waals surface area contributed by atoms with Gasteiger partial charge in [-0.1, -0.05) is 6.07 Å². The molecule has 1 saturated heterocycles. The predicted molar refractivity (Wildman–Crippen MR) is 58.3 cm³/mol. The van der Waals surface area contributed by atoms with Gasteiger partial charge in [0, 0.05) is 6.42 Å². The van der Waals surface area contributed by atoms with Gasteiger partial charge in [0.05, 0.1) is 11.1 Å². The Labute approximate surface area is 96.5 Å². The minimum absolute atomic E-state index is 0.247. The number of ether oxygens (including phenoxy) is 2. The average Bonchev–Trinajstić information content (AvgIpc) is 2.26. The van der Waals surface area contributed by atoms with Crippen molar-refractivity contribution in [2.75, 3.05) is 6.61 Å². The first-order valence-electron chi connectivity index (χ1n) is 4.99. The molecule has 82 valence electrons. The molecule has 1 aromatic carbocycles. The molecule has 15 heavy (non-hydrogen) atoms. The SMILES string of the molecule is Fc1c(Br)cccc1OC1CCCCO1. The van der Waals surface area contributed by atoms with Crippen LogP contribution in [0.25, 0.3) is 0 Å². The summed E-state index contributed by atoms with van der Waals surface area (Å²) in [4.78, 5) is 0. The molecular formula is C11H12BrFO2. The molecule has 0 aliphatic carbocycles. The Kier molecular flexibility index (Phi) is 3.59. The number of benzene rings is 1. The van der Waals surface area contributed by atoms with Crippen molar-refractivity contribution in [2.45, 2.75) is 25.6 Å². The van der Waals surface area contributed by atoms with Crippen molar-refractivity contribution in [3.8, 4) is 5.75 Å². The van der Waals surface area contributed by atoms with Crippen LogP contribution in [0.2, 0.25) is 0 Å². The van der Waals surface area contributed by atoms with Gasteiger partial charge in [-0.15, -0.1) is 0 Å². The maximum atomic E-state index is 13.5. The van der Waals surface area contributed by atoms with E-state index in [0.29, 0.717) is 11.1 Å². The Hall–Kier alpha value is -0.610. The molecule has 1 aliphatic rings. The highest BCUT2D eigenvalue weighted by atomic mass is 79.9.